The van der Waals surface area contributed by atoms with Crippen molar-refractivity contribution in [2.75, 3.05) is 0 Å². The maximum absolute atomic E-state index is 7.48. The molecule has 0 aliphatic carbocycles. The first kappa shape index (κ1) is 28.5. The number of hydrogen-bond acceptors (Lipinski definition) is 3. The molecule has 0 amide bonds. The third kappa shape index (κ3) is 4.45. The van der Waals surface area contributed by atoms with Crippen molar-refractivity contribution < 1.29 is 0 Å². The van der Waals surface area contributed by atoms with E-state index in [1.165, 1.54) is 41.8 Å². The Morgan fingerprint density at radius 3 is 2.02 bits per heavy atom. The van der Waals surface area contributed by atoms with Crippen LogP contribution in [0.25, 0.3) is 81.2 Å². The van der Waals surface area contributed by atoms with Crippen molar-refractivity contribution in [3.63, 3.8) is 0 Å². The molecular formula is C43H29N3SSi. The minimum absolute atomic E-state index is 0.674. The third-order valence-electron chi connectivity index (χ3n) is 9.67. The Morgan fingerprint density at radius 2 is 1.21 bits per heavy atom. The number of nitrogens with zero attached hydrogens (tertiary/aromatic N) is 3. The predicted octanol–water partition coefficient (Wildman–Crippen LogP) is 10.9. The summed E-state index contributed by atoms with van der Waals surface area (Å²) in [6.45, 7) is 12.3. The van der Waals surface area contributed by atoms with Crippen LogP contribution in [0.4, 0.5) is 5.69 Å². The summed E-state index contributed by atoms with van der Waals surface area (Å²) in [5, 5.41) is 5.09. The van der Waals surface area contributed by atoms with Crippen LogP contribution in [0.1, 0.15) is 0 Å². The second kappa shape index (κ2) is 11.0. The van der Waals surface area contributed by atoms with Crippen LogP contribution in [0.2, 0.25) is 13.1 Å². The van der Waals surface area contributed by atoms with Crippen molar-refractivity contribution in [3.05, 3.63) is 151 Å². The maximum Gasteiger partial charge on any atom is 0.187 e. The first-order valence-electron chi connectivity index (χ1n) is 16.1. The van der Waals surface area contributed by atoms with Gasteiger partial charge in [0.1, 0.15) is 8.07 Å². The van der Waals surface area contributed by atoms with E-state index < -0.39 is 8.07 Å². The van der Waals surface area contributed by atoms with Gasteiger partial charge in [0, 0.05) is 20.5 Å². The standard InChI is InChI=1S/C43H29N3SSi/c1-44-32-22-23-37-36(26-32)34-20-11-19-33(41(34)47-37)30-16-9-14-28(24-30)29-15-10-17-31(25-29)43-45-39(27-12-5-4-6-13-27)42-40(46-43)35-18-7-8-21-38(35)48(42,2)3/h4-26H,2-3H3. The summed E-state index contributed by atoms with van der Waals surface area (Å²) in [5.74, 6) is 0.751. The molecule has 5 heteroatoms. The lowest BCUT2D eigenvalue weighted by molar-refractivity contribution is 1.20. The van der Waals surface area contributed by atoms with E-state index in [1.54, 1.807) is 11.3 Å². The van der Waals surface area contributed by atoms with Crippen LogP contribution in [0.3, 0.4) is 0 Å². The van der Waals surface area contributed by atoms with E-state index in [-0.39, 0.29) is 0 Å². The molecule has 0 fully saturated rings. The first-order chi connectivity index (χ1) is 23.5. The molecule has 2 aromatic heterocycles. The van der Waals surface area contributed by atoms with Gasteiger partial charge in [0.2, 0.25) is 0 Å². The molecule has 0 bridgehead atoms. The summed E-state index contributed by atoms with van der Waals surface area (Å²) < 4.78 is 2.44. The van der Waals surface area contributed by atoms with Crippen LogP contribution in [-0.2, 0) is 0 Å². The lowest BCUT2D eigenvalue weighted by Gasteiger charge is -2.21. The Labute approximate surface area is 284 Å². The minimum Gasteiger partial charge on any atom is -0.238 e. The summed E-state index contributed by atoms with van der Waals surface area (Å²) in [5.41, 5.74) is 10.8. The summed E-state index contributed by atoms with van der Waals surface area (Å²) in [4.78, 5) is 14.3. The van der Waals surface area contributed by atoms with Gasteiger partial charge < -0.3 is 0 Å². The molecule has 3 nitrogen and oxygen atoms in total. The molecule has 0 saturated carbocycles. The molecule has 48 heavy (non-hydrogen) atoms. The van der Waals surface area contributed by atoms with Gasteiger partial charge >= 0.3 is 0 Å². The predicted molar refractivity (Wildman–Crippen MR) is 205 cm³/mol. The monoisotopic (exact) mass is 647 g/mol. The number of thiophene rings is 1. The molecule has 0 N–H and O–H groups in total. The van der Waals surface area contributed by atoms with Crippen molar-refractivity contribution >= 4 is 55.6 Å². The highest BCUT2D eigenvalue weighted by molar-refractivity contribution is 7.26. The smallest absolute Gasteiger partial charge is 0.187 e. The summed E-state index contributed by atoms with van der Waals surface area (Å²) in [6.07, 6.45) is 0. The Balaban J connectivity index is 1.17. The van der Waals surface area contributed by atoms with E-state index >= 15 is 0 Å². The first-order valence-corrected chi connectivity index (χ1v) is 19.9. The zero-order valence-electron chi connectivity index (χ0n) is 26.5. The van der Waals surface area contributed by atoms with Crippen LogP contribution in [0.15, 0.2) is 140 Å². The van der Waals surface area contributed by atoms with Gasteiger partial charge in [-0.15, -0.1) is 11.3 Å². The zero-order valence-corrected chi connectivity index (χ0v) is 28.3. The molecule has 226 valence electrons. The number of benzene rings is 6. The zero-order chi connectivity index (χ0) is 32.4. The van der Waals surface area contributed by atoms with E-state index in [4.69, 9.17) is 16.5 Å². The molecule has 0 saturated heterocycles. The van der Waals surface area contributed by atoms with Gasteiger partial charge in [-0.1, -0.05) is 134 Å². The fourth-order valence-electron chi connectivity index (χ4n) is 7.34. The molecule has 0 radical (unpaired) electrons. The second-order valence-corrected chi connectivity index (χ2v) is 18.2. The molecule has 1 aliphatic rings. The summed E-state index contributed by atoms with van der Waals surface area (Å²) >= 11 is 1.79. The van der Waals surface area contributed by atoms with Crippen LogP contribution in [0.5, 0.6) is 0 Å². The molecule has 1 aliphatic heterocycles. The fourth-order valence-corrected chi connectivity index (χ4v) is 11.8. The van der Waals surface area contributed by atoms with E-state index in [0.29, 0.717) is 5.69 Å². The SMILES string of the molecule is [C-]#[N+]c1ccc2sc3c(-c4cccc(-c5cccc(-c6nc(-c7ccccc7)c7c(n6)-c6ccccc6[Si]7(C)C)c5)c4)cccc3c2c1. The molecule has 8 aromatic rings. The van der Waals surface area contributed by atoms with Crippen molar-refractivity contribution in [2.45, 2.75) is 13.1 Å². The van der Waals surface area contributed by atoms with Gasteiger partial charge in [-0.3, -0.25) is 0 Å². The Bertz CT molecular complexity index is 2610. The lowest BCUT2D eigenvalue weighted by atomic mass is 9.97. The number of aromatic nitrogens is 2. The van der Waals surface area contributed by atoms with E-state index in [1.807, 2.05) is 12.1 Å². The van der Waals surface area contributed by atoms with Gasteiger partial charge in [0.25, 0.3) is 0 Å². The largest absolute Gasteiger partial charge is 0.238 e. The topological polar surface area (TPSA) is 30.1 Å². The van der Waals surface area contributed by atoms with Crippen LogP contribution < -0.4 is 10.4 Å². The van der Waals surface area contributed by atoms with Crippen molar-refractivity contribution in [1.82, 2.24) is 9.97 Å². The molecular weight excluding hydrogens is 619 g/mol. The highest BCUT2D eigenvalue weighted by Crippen LogP contribution is 2.42. The molecule has 0 unspecified atom stereocenters. The Morgan fingerprint density at radius 1 is 0.562 bits per heavy atom. The highest BCUT2D eigenvalue weighted by atomic mass is 32.1. The van der Waals surface area contributed by atoms with E-state index in [0.717, 1.165) is 44.9 Å². The second-order valence-electron chi connectivity index (χ2n) is 12.9. The van der Waals surface area contributed by atoms with Crippen molar-refractivity contribution in [3.8, 4) is 56.2 Å². The van der Waals surface area contributed by atoms with Gasteiger partial charge in [-0.25, -0.2) is 14.8 Å². The minimum atomic E-state index is -2.01. The van der Waals surface area contributed by atoms with Crippen molar-refractivity contribution in [1.29, 1.82) is 0 Å². The van der Waals surface area contributed by atoms with Crippen LogP contribution >= 0.6 is 11.3 Å². The normalized spacial score (nSPS) is 12.9. The fraction of sp³-hybridized carbons (Fsp3) is 0.0465. The summed E-state index contributed by atoms with van der Waals surface area (Å²) in [6, 6.07) is 49.3. The van der Waals surface area contributed by atoms with E-state index in [9.17, 15) is 0 Å². The lowest BCUT2D eigenvalue weighted by Crippen LogP contribution is -2.50. The number of hydrogen-bond donors (Lipinski definition) is 0. The number of fused-ring (bicyclic) bond motifs is 6. The quantitative estimate of drug-likeness (QED) is 0.141. The van der Waals surface area contributed by atoms with Gasteiger partial charge in [-0.05, 0) is 67.2 Å². The van der Waals surface area contributed by atoms with Gasteiger partial charge in [0.15, 0.2) is 11.5 Å². The third-order valence-corrected chi connectivity index (χ3v) is 14.4. The maximum atomic E-state index is 7.48. The molecule has 0 atom stereocenters. The molecule has 3 heterocycles. The highest BCUT2D eigenvalue weighted by Gasteiger charge is 2.41. The summed E-state index contributed by atoms with van der Waals surface area (Å²) in [7, 11) is -2.01. The van der Waals surface area contributed by atoms with Crippen molar-refractivity contribution in [2.24, 2.45) is 0 Å². The Kier molecular flexibility index (Phi) is 6.51. The molecule has 6 aromatic carbocycles. The Hall–Kier alpha value is -5.67. The number of rotatable bonds is 4. The van der Waals surface area contributed by atoms with Crippen LogP contribution in [-0.4, -0.2) is 18.0 Å². The molecule has 0 spiro atoms. The van der Waals surface area contributed by atoms with Crippen LogP contribution in [0, 0.1) is 6.57 Å². The van der Waals surface area contributed by atoms with Gasteiger partial charge in [-0.2, -0.15) is 0 Å². The van der Waals surface area contributed by atoms with E-state index in [2.05, 4.69) is 145 Å². The van der Waals surface area contributed by atoms with Gasteiger partial charge in [0.05, 0.1) is 18.0 Å². The average molecular weight is 648 g/mol. The molecule has 9 rings (SSSR count). The average Bonchev–Trinajstić information content (AvgIpc) is 3.63.